The molecule has 1 aliphatic rings. The van der Waals surface area contributed by atoms with Crippen LogP contribution in [0.2, 0.25) is 0 Å². The molecular weight excluding hydrogens is 352 g/mol. The summed E-state index contributed by atoms with van der Waals surface area (Å²) in [5.41, 5.74) is 7.78. The van der Waals surface area contributed by atoms with Crippen LogP contribution in [-0.2, 0) is 9.53 Å². The van der Waals surface area contributed by atoms with Crippen LogP contribution in [-0.4, -0.2) is 64.2 Å². The van der Waals surface area contributed by atoms with Gasteiger partial charge in [-0.15, -0.1) is 12.6 Å². The summed E-state index contributed by atoms with van der Waals surface area (Å²) in [5.74, 6) is -0.106. The van der Waals surface area contributed by atoms with E-state index in [-0.39, 0.29) is 6.54 Å². The van der Waals surface area contributed by atoms with Crippen LogP contribution in [0, 0.1) is 0 Å². The first-order valence-corrected chi connectivity index (χ1v) is 7.86. The Labute approximate surface area is 148 Å². The van der Waals surface area contributed by atoms with E-state index in [9.17, 15) is 15.0 Å². The van der Waals surface area contributed by atoms with Gasteiger partial charge in [-0.3, -0.25) is 4.79 Å². The first-order chi connectivity index (χ1) is 12.0. The first-order valence-electron chi connectivity index (χ1n) is 7.34. The van der Waals surface area contributed by atoms with Crippen molar-refractivity contribution in [2.75, 3.05) is 18.5 Å². The van der Waals surface area contributed by atoms with E-state index < -0.39 is 42.4 Å². The van der Waals surface area contributed by atoms with Crippen LogP contribution in [0.15, 0.2) is 29.4 Å². The summed E-state index contributed by atoms with van der Waals surface area (Å²) in [6.45, 7) is -0.766. The highest BCUT2D eigenvalue weighted by atomic mass is 32.1. The number of anilines is 1. The Morgan fingerprint density at radius 3 is 2.64 bits per heavy atom. The number of hydrogen-bond acceptors (Lipinski definition) is 8. The molecule has 0 aliphatic carbocycles. The normalized spacial score (nSPS) is 28.7. The number of carbonyl (C=O) groups is 1. The number of rotatable bonds is 6. The van der Waals surface area contributed by atoms with E-state index in [0.29, 0.717) is 11.4 Å². The van der Waals surface area contributed by atoms with Crippen molar-refractivity contribution in [1.82, 2.24) is 0 Å². The third-order valence-electron chi connectivity index (χ3n) is 3.53. The van der Waals surface area contributed by atoms with Crippen molar-refractivity contribution in [2.45, 2.75) is 29.9 Å². The number of nitrogens with one attached hydrogen (secondary N) is 1. The van der Waals surface area contributed by atoms with E-state index in [1.54, 1.807) is 24.3 Å². The van der Waals surface area contributed by atoms with E-state index in [1.165, 1.54) is 0 Å². The third-order valence-corrected chi connectivity index (χ3v) is 3.95. The SMILES string of the molecule is [N-]=[N+]=NCC(=O)Nc1ccc(O[C@@H]2[C@@H](O)[C@@H](O)[C@@H](CO)O[C@H]2S)cc1. The summed E-state index contributed by atoms with van der Waals surface area (Å²) in [6.07, 6.45) is -4.49. The summed E-state index contributed by atoms with van der Waals surface area (Å²) in [6, 6.07) is 6.20. The average Bonchev–Trinajstić information content (AvgIpc) is 2.61. The van der Waals surface area contributed by atoms with Gasteiger partial charge in [0.25, 0.3) is 0 Å². The van der Waals surface area contributed by atoms with Crippen LogP contribution in [0.3, 0.4) is 0 Å². The molecule has 0 saturated carbocycles. The molecule has 11 heteroatoms. The number of ether oxygens (including phenoxy) is 2. The minimum atomic E-state index is -1.31. The molecule has 0 spiro atoms. The molecule has 4 N–H and O–H groups in total. The summed E-state index contributed by atoms with van der Waals surface area (Å²) in [4.78, 5) is 13.9. The van der Waals surface area contributed by atoms with E-state index in [2.05, 4.69) is 28.0 Å². The third kappa shape index (κ3) is 4.98. The summed E-state index contributed by atoms with van der Waals surface area (Å²) in [7, 11) is 0. The van der Waals surface area contributed by atoms with Gasteiger partial charge in [0.05, 0.1) is 6.61 Å². The summed E-state index contributed by atoms with van der Waals surface area (Å²) in [5, 5.41) is 34.8. The van der Waals surface area contributed by atoms with Crippen LogP contribution in [0.4, 0.5) is 5.69 Å². The highest BCUT2D eigenvalue weighted by Gasteiger charge is 2.44. The van der Waals surface area contributed by atoms with E-state index in [1.807, 2.05) is 0 Å². The molecule has 1 aromatic rings. The van der Waals surface area contributed by atoms with Gasteiger partial charge in [0.2, 0.25) is 5.91 Å². The smallest absolute Gasteiger partial charge is 0.230 e. The highest BCUT2D eigenvalue weighted by molar-refractivity contribution is 7.80. The van der Waals surface area contributed by atoms with Crippen molar-refractivity contribution in [1.29, 1.82) is 0 Å². The predicted octanol–water partition coefficient (Wildman–Crippen LogP) is 0.0516. The number of thiol groups is 1. The molecule has 1 saturated heterocycles. The van der Waals surface area contributed by atoms with Crippen molar-refractivity contribution < 1.29 is 29.6 Å². The molecule has 0 bridgehead atoms. The molecule has 10 nitrogen and oxygen atoms in total. The van der Waals surface area contributed by atoms with Crippen molar-refractivity contribution in [3.05, 3.63) is 34.7 Å². The number of nitrogens with zero attached hydrogens (tertiary/aromatic N) is 3. The fourth-order valence-electron chi connectivity index (χ4n) is 2.27. The van der Waals surface area contributed by atoms with Gasteiger partial charge in [-0.1, -0.05) is 5.11 Å². The van der Waals surface area contributed by atoms with Crippen molar-refractivity contribution in [2.24, 2.45) is 5.11 Å². The van der Waals surface area contributed by atoms with Gasteiger partial charge in [-0.25, -0.2) is 0 Å². The number of aliphatic hydroxyl groups excluding tert-OH is 3. The zero-order valence-corrected chi connectivity index (χ0v) is 13.9. The first kappa shape index (κ1) is 19.3. The van der Waals surface area contributed by atoms with Crippen molar-refractivity contribution in [3.8, 4) is 5.75 Å². The molecule has 0 radical (unpaired) electrons. The van der Waals surface area contributed by atoms with E-state index >= 15 is 0 Å². The number of aliphatic hydroxyl groups is 3. The minimum Gasteiger partial charge on any atom is -0.484 e. The highest BCUT2D eigenvalue weighted by Crippen LogP contribution is 2.27. The molecule has 25 heavy (non-hydrogen) atoms. The molecule has 0 unspecified atom stereocenters. The van der Waals surface area contributed by atoms with Gasteiger partial charge < -0.3 is 30.1 Å². The van der Waals surface area contributed by atoms with Crippen molar-refractivity contribution >= 4 is 24.2 Å². The lowest BCUT2D eigenvalue weighted by Crippen LogP contribution is -2.58. The second-order valence-corrected chi connectivity index (χ2v) is 5.78. The maximum Gasteiger partial charge on any atom is 0.230 e. The van der Waals surface area contributed by atoms with Gasteiger partial charge in [-0.05, 0) is 29.8 Å². The van der Waals surface area contributed by atoms with Crippen LogP contribution >= 0.6 is 12.6 Å². The number of benzene rings is 1. The Morgan fingerprint density at radius 1 is 1.36 bits per heavy atom. The predicted molar refractivity (Wildman–Crippen MR) is 90.2 cm³/mol. The fourth-order valence-corrected chi connectivity index (χ4v) is 2.66. The molecule has 1 amide bonds. The largest absolute Gasteiger partial charge is 0.484 e. The molecule has 1 heterocycles. The second-order valence-electron chi connectivity index (χ2n) is 5.27. The molecular formula is C14H18N4O6S. The fraction of sp³-hybridized carbons (Fsp3) is 0.500. The molecule has 1 aromatic carbocycles. The summed E-state index contributed by atoms with van der Waals surface area (Å²) < 4.78 is 10.9. The topological polar surface area (TPSA) is 157 Å². The lowest BCUT2D eigenvalue weighted by Gasteiger charge is -2.40. The quantitative estimate of drug-likeness (QED) is 0.206. The number of amides is 1. The monoisotopic (exact) mass is 370 g/mol. The summed E-state index contributed by atoms with van der Waals surface area (Å²) >= 11 is 4.17. The lowest BCUT2D eigenvalue weighted by atomic mass is 10.00. The Hall–Kier alpha value is -2.01. The van der Waals surface area contributed by atoms with Crippen molar-refractivity contribution in [3.63, 3.8) is 0 Å². The van der Waals surface area contributed by atoms with Gasteiger partial charge in [0.15, 0.2) is 6.10 Å². The maximum absolute atomic E-state index is 11.4. The minimum absolute atomic E-state index is 0.314. The van der Waals surface area contributed by atoms with Crippen LogP contribution in [0.25, 0.3) is 10.4 Å². The van der Waals surface area contributed by atoms with Crippen LogP contribution in [0.5, 0.6) is 5.75 Å². The Morgan fingerprint density at radius 2 is 2.04 bits per heavy atom. The Balaban J connectivity index is 1.98. The Bertz CT molecular complexity index is 639. The van der Waals surface area contributed by atoms with Crippen LogP contribution in [0.1, 0.15) is 0 Å². The maximum atomic E-state index is 11.4. The van der Waals surface area contributed by atoms with Gasteiger partial charge >= 0.3 is 0 Å². The number of carbonyl (C=O) groups excluding carboxylic acids is 1. The van der Waals surface area contributed by atoms with Gasteiger partial charge in [0, 0.05) is 10.6 Å². The number of hydrogen-bond donors (Lipinski definition) is 5. The van der Waals surface area contributed by atoms with E-state index in [0.717, 1.165) is 0 Å². The molecule has 1 fully saturated rings. The zero-order valence-electron chi connectivity index (χ0n) is 13.0. The second kappa shape index (κ2) is 8.90. The molecule has 5 atom stereocenters. The molecule has 1 aliphatic heterocycles. The standard InChI is InChI=1S/C14H18N4O6S/c15-18-16-5-10(20)17-7-1-3-8(4-2-7)23-13-12(22)11(21)9(6-19)24-14(13)25/h1-4,9,11-14,19,21-22,25H,5-6H2,(H,17,20)/t9-,11+,12+,13-,14+/m1/s1. The zero-order chi connectivity index (χ0) is 18.4. The van der Waals surface area contributed by atoms with Crippen LogP contribution < -0.4 is 10.1 Å². The van der Waals surface area contributed by atoms with Gasteiger partial charge in [0.1, 0.15) is 36.0 Å². The Kier molecular flexibility index (Phi) is 6.88. The molecule has 136 valence electrons. The lowest BCUT2D eigenvalue weighted by molar-refractivity contribution is -0.198. The van der Waals surface area contributed by atoms with Gasteiger partial charge in [-0.2, -0.15) is 0 Å². The average molecular weight is 370 g/mol. The number of azide groups is 1. The van der Waals surface area contributed by atoms with E-state index in [4.69, 9.17) is 20.1 Å². The molecule has 0 aromatic heterocycles. The molecule has 2 rings (SSSR count).